The largest absolute Gasteiger partial charge is 0.456 e. The van der Waals surface area contributed by atoms with Crippen LogP contribution in [0.4, 0.5) is 0 Å². The number of imidazole rings is 1. The maximum Gasteiger partial charge on any atom is 0.296 e. The minimum atomic E-state index is -0.179. The quantitative estimate of drug-likeness (QED) is 0.362. The molecule has 37 heavy (non-hydrogen) atoms. The number of H-pyrrole nitrogens is 1. The molecule has 1 unspecified atom stereocenters. The molecule has 190 valence electrons. The molecule has 0 bridgehead atoms. The van der Waals surface area contributed by atoms with Gasteiger partial charge in [0.25, 0.3) is 6.01 Å². The van der Waals surface area contributed by atoms with Crippen molar-refractivity contribution < 1.29 is 18.9 Å². The van der Waals surface area contributed by atoms with E-state index in [4.69, 9.17) is 35.5 Å². The molecule has 3 fully saturated rings. The predicted molar refractivity (Wildman–Crippen MR) is 141 cm³/mol. The van der Waals surface area contributed by atoms with Gasteiger partial charge in [0, 0.05) is 25.4 Å². The summed E-state index contributed by atoms with van der Waals surface area (Å²) in [6, 6.07) is 19.5. The number of ether oxygens (including phenoxy) is 4. The zero-order valence-electron chi connectivity index (χ0n) is 20.4. The SMILES string of the molecule is Clc1cc2[nH]c(OC3CO[C@@H]4CCO[C@H]34)nc2nc1-c1ccc(-c2ccc(C3CCOCC3)cc2)cc1. The summed E-state index contributed by atoms with van der Waals surface area (Å²) in [6.45, 7) is 2.91. The minimum absolute atomic E-state index is 0.0445. The number of hydrogen-bond donors (Lipinski definition) is 1. The van der Waals surface area contributed by atoms with Crippen LogP contribution >= 0.6 is 11.6 Å². The molecule has 7 nitrogen and oxygen atoms in total. The third-order valence-electron chi connectivity index (χ3n) is 7.68. The summed E-state index contributed by atoms with van der Waals surface area (Å²) in [4.78, 5) is 12.5. The first-order chi connectivity index (χ1) is 18.2. The van der Waals surface area contributed by atoms with Crippen molar-refractivity contribution in [2.24, 2.45) is 0 Å². The third kappa shape index (κ3) is 4.50. The van der Waals surface area contributed by atoms with Crippen molar-refractivity contribution in [1.82, 2.24) is 15.0 Å². The van der Waals surface area contributed by atoms with E-state index in [1.807, 2.05) is 6.07 Å². The molecule has 3 aliphatic heterocycles. The molecule has 3 saturated heterocycles. The van der Waals surface area contributed by atoms with E-state index in [2.05, 4.69) is 58.5 Å². The van der Waals surface area contributed by atoms with E-state index in [1.165, 1.54) is 11.1 Å². The van der Waals surface area contributed by atoms with Crippen molar-refractivity contribution >= 4 is 22.8 Å². The zero-order valence-corrected chi connectivity index (χ0v) is 21.1. The highest BCUT2D eigenvalue weighted by Gasteiger charge is 2.43. The Hall–Kier alpha value is -2.97. The van der Waals surface area contributed by atoms with E-state index >= 15 is 0 Å². The van der Waals surface area contributed by atoms with Gasteiger partial charge < -0.3 is 23.9 Å². The average molecular weight is 518 g/mol. The van der Waals surface area contributed by atoms with E-state index < -0.39 is 0 Å². The van der Waals surface area contributed by atoms with E-state index in [9.17, 15) is 0 Å². The fourth-order valence-corrected chi connectivity index (χ4v) is 5.89. The summed E-state index contributed by atoms with van der Waals surface area (Å²) in [5.41, 5.74) is 6.66. The van der Waals surface area contributed by atoms with E-state index in [1.54, 1.807) is 0 Å². The van der Waals surface area contributed by atoms with Crippen LogP contribution < -0.4 is 4.74 Å². The lowest BCUT2D eigenvalue weighted by molar-refractivity contribution is 0.0273. The molecule has 7 rings (SSSR count). The van der Waals surface area contributed by atoms with E-state index in [0.717, 1.165) is 49.1 Å². The zero-order chi connectivity index (χ0) is 24.8. The molecule has 2 aromatic heterocycles. The molecule has 0 aliphatic carbocycles. The van der Waals surface area contributed by atoms with Gasteiger partial charge in [0.2, 0.25) is 0 Å². The molecular weight excluding hydrogens is 490 g/mol. The second-order valence-corrected chi connectivity index (χ2v) is 10.4. The number of benzene rings is 2. The predicted octanol–water partition coefficient (Wildman–Crippen LogP) is 5.77. The van der Waals surface area contributed by atoms with Crippen LogP contribution in [0.1, 0.15) is 30.7 Å². The van der Waals surface area contributed by atoms with Crippen molar-refractivity contribution in [3.05, 3.63) is 65.2 Å². The first-order valence-corrected chi connectivity index (χ1v) is 13.3. The van der Waals surface area contributed by atoms with Crippen LogP contribution in [0.2, 0.25) is 5.02 Å². The van der Waals surface area contributed by atoms with Crippen LogP contribution in [0.5, 0.6) is 6.01 Å². The summed E-state index contributed by atoms with van der Waals surface area (Å²) < 4.78 is 23.1. The number of pyridine rings is 1. The standard InChI is InChI=1S/C29H28ClN3O4/c30-22-15-23-28(33-29(31-23)37-25-16-36-24-11-14-35-27(24)25)32-26(22)21-7-5-18(6-8-21)17-1-3-19(4-2-17)20-9-12-34-13-10-20/h1-8,15,20,24-25,27H,9-14,16H2,(H,31,32,33)/t24-,25?,27+/m1/s1. The summed E-state index contributed by atoms with van der Waals surface area (Å²) in [5, 5.41) is 0.555. The van der Waals surface area contributed by atoms with Crippen LogP contribution in [0, 0.1) is 0 Å². The molecule has 3 atom stereocenters. The second kappa shape index (κ2) is 9.72. The van der Waals surface area contributed by atoms with Crippen LogP contribution in [0.3, 0.4) is 0 Å². The summed E-state index contributed by atoms with van der Waals surface area (Å²) in [5.74, 6) is 0.598. The smallest absolute Gasteiger partial charge is 0.296 e. The van der Waals surface area contributed by atoms with Gasteiger partial charge in [-0.25, -0.2) is 4.98 Å². The Morgan fingerprint density at radius 2 is 1.57 bits per heavy atom. The number of aromatic amines is 1. The first kappa shape index (κ1) is 23.2. The monoisotopic (exact) mass is 517 g/mol. The Labute approximate surface area is 220 Å². The molecule has 4 aromatic rings. The second-order valence-electron chi connectivity index (χ2n) is 9.97. The van der Waals surface area contributed by atoms with Gasteiger partial charge in [0.1, 0.15) is 6.10 Å². The normalized spacial score (nSPS) is 24.0. The highest BCUT2D eigenvalue weighted by atomic mass is 35.5. The van der Waals surface area contributed by atoms with Gasteiger partial charge in [-0.2, -0.15) is 4.98 Å². The molecule has 0 radical (unpaired) electrons. The van der Waals surface area contributed by atoms with Gasteiger partial charge in [0.15, 0.2) is 11.8 Å². The molecule has 1 N–H and O–H groups in total. The maximum absolute atomic E-state index is 6.64. The number of hydrogen-bond acceptors (Lipinski definition) is 6. The summed E-state index contributed by atoms with van der Waals surface area (Å²) >= 11 is 6.64. The Kier molecular flexibility index (Phi) is 6.09. The lowest BCUT2D eigenvalue weighted by Gasteiger charge is -2.22. The van der Waals surface area contributed by atoms with Crippen LogP contribution in [-0.4, -0.2) is 59.7 Å². The Morgan fingerprint density at radius 1 is 0.838 bits per heavy atom. The molecule has 8 heteroatoms. The Bertz CT molecular complexity index is 1400. The maximum atomic E-state index is 6.64. The summed E-state index contributed by atoms with van der Waals surface area (Å²) in [7, 11) is 0. The van der Waals surface area contributed by atoms with Crippen LogP contribution in [0.25, 0.3) is 33.5 Å². The molecule has 0 saturated carbocycles. The van der Waals surface area contributed by atoms with Crippen LogP contribution in [0.15, 0.2) is 54.6 Å². The van der Waals surface area contributed by atoms with Gasteiger partial charge in [-0.15, -0.1) is 0 Å². The van der Waals surface area contributed by atoms with Crippen molar-refractivity contribution in [2.45, 2.75) is 43.5 Å². The fraction of sp³-hybridized carbons (Fsp3) is 0.379. The number of fused-ring (bicyclic) bond motifs is 2. The van der Waals surface area contributed by atoms with Crippen molar-refractivity contribution in [2.75, 3.05) is 26.4 Å². The number of aromatic nitrogens is 3. The number of halogens is 1. The van der Waals surface area contributed by atoms with Crippen molar-refractivity contribution in [1.29, 1.82) is 0 Å². The highest BCUT2D eigenvalue weighted by molar-refractivity contribution is 6.33. The summed E-state index contributed by atoms with van der Waals surface area (Å²) in [6.07, 6.45) is 2.99. The molecule has 2 aromatic carbocycles. The highest BCUT2D eigenvalue weighted by Crippen LogP contribution is 2.34. The molecule has 3 aliphatic rings. The van der Waals surface area contributed by atoms with Gasteiger partial charge >= 0.3 is 0 Å². The van der Waals surface area contributed by atoms with E-state index in [-0.39, 0.29) is 18.3 Å². The Balaban J connectivity index is 1.09. The van der Waals surface area contributed by atoms with Gasteiger partial charge in [-0.3, -0.25) is 0 Å². The topological polar surface area (TPSA) is 78.5 Å². The minimum Gasteiger partial charge on any atom is -0.456 e. The number of nitrogens with zero attached hydrogens (tertiary/aromatic N) is 2. The molecule has 0 amide bonds. The lowest BCUT2D eigenvalue weighted by Crippen LogP contribution is -2.32. The molecular formula is C29H28ClN3O4. The fourth-order valence-electron chi connectivity index (χ4n) is 5.63. The Morgan fingerprint density at radius 3 is 2.35 bits per heavy atom. The van der Waals surface area contributed by atoms with Gasteiger partial charge in [-0.1, -0.05) is 60.1 Å². The molecule has 0 spiro atoms. The van der Waals surface area contributed by atoms with Crippen molar-refractivity contribution in [3.63, 3.8) is 0 Å². The third-order valence-corrected chi connectivity index (χ3v) is 7.97. The van der Waals surface area contributed by atoms with Gasteiger partial charge in [-0.05, 0) is 47.9 Å². The first-order valence-electron chi connectivity index (χ1n) is 13.0. The number of rotatable bonds is 5. The van der Waals surface area contributed by atoms with Crippen molar-refractivity contribution in [3.8, 4) is 28.4 Å². The lowest BCUT2D eigenvalue weighted by atomic mass is 9.90. The average Bonchev–Trinajstić information content (AvgIpc) is 3.66. The number of nitrogens with one attached hydrogen (secondary N) is 1. The molecule has 5 heterocycles. The van der Waals surface area contributed by atoms with Gasteiger partial charge in [0.05, 0.1) is 28.9 Å². The van der Waals surface area contributed by atoms with Crippen LogP contribution in [-0.2, 0) is 14.2 Å². The van der Waals surface area contributed by atoms with E-state index in [0.29, 0.717) is 41.5 Å².